The van der Waals surface area contributed by atoms with Gasteiger partial charge in [-0.2, -0.15) is 0 Å². The summed E-state index contributed by atoms with van der Waals surface area (Å²) in [4.78, 5) is 2.32. The lowest BCUT2D eigenvalue weighted by atomic mass is 10.1. The summed E-state index contributed by atoms with van der Waals surface area (Å²) in [6.45, 7) is 2.81. The number of hydrogen-bond acceptors (Lipinski definition) is 3. The number of aryl methyl sites for hydroxylation is 1. The van der Waals surface area contributed by atoms with Crippen LogP contribution in [0.4, 0.5) is 5.69 Å². The van der Waals surface area contributed by atoms with Crippen LogP contribution in [0.15, 0.2) is 42.5 Å². The number of para-hydroxylation sites is 1. The Kier molecular flexibility index (Phi) is 6.56. The van der Waals surface area contributed by atoms with Gasteiger partial charge in [-0.1, -0.05) is 31.0 Å². The Hall–Kier alpha value is -2.27. The van der Waals surface area contributed by atoms with E-state index in [0.29, 0.717) is 6.04 Å². The van der Waals surface area contributed by atoms with E-state index in [0.717, 1.165) is 34.4 Å². The van der Waals surface area contributed by atoms with Gasteiger partial charge in [0.05, 0.1) is 14.2 Å². The summed E-state index contributed by atoms with van der Waals surface area (Å²) < 4.78 is 10.9. The molecule has 0 heterocycles. The minimum Gasteiger partial charge on any atom is -0.497 e. The number of ether oxygens (including phenoxy) is 2. The second kappa shape index (κ2) is 9.09. The van der Waals surface area contributed by atoms with Crippen molar-refractivity contribution in [3.05, 3.63) is 53.6 Å². The molecule has 0 saturated heterocycles. The number of thiocarbonyl (C=S) groups is 1. The molecule has 0 unspecified atom stereocenters. The number of benzene rings is 2. The number of nitrogens with one attached hydrogen (secondary N) is 1. The fourth-order valence-electron chi connectivity index (χ4n) is 3.65. The highest BCUT2D eigenvalue weighted by molar-refractivity contribution is 7.80. The zero-order chi connectivity index (χ0) is 19.2. The van der Waals surface area contributed by atoms with Crippen LogP contribution < -0.4 is 14.8 Å². The highest BCUT2D eigenvalue weighted by Crippen LogP contribution is 2.30. The first-order chi connectivity index (χ1) is 13.1. The van der Waals surface area contributed by atoms with Crippen molar-refractivity contribution in [2.45, 2.75) is 45.2 Å². The zero-order valence-electron chi connectivity index (χ0n) is 16.3. The molecule has 1 saturated carbocycles. The number of methoxy groups -OCH3 is 2. The monoisotopic (exact) mass is 384 g/mol. The lowest BCUT2D eigenvalue weighted by molar-refractivity contribution is 0.304. The maximum absolute atomic E-state index is 5.83. The van der Waals surface area contributed by atoms with E-state index in [9.17, 15) is 0 Å². The molecule has 1 N–H and O–H groups in total. The van der Waals surface area contributed by atoms with Gasteiger partial charge in [0.15, 0.2) is 5.11 Å². The number of hydrogen-bond donors (Lipinski definition) is 1. The van der Waals surface area contributed by atoms with Crippen LogP contribution in [0.25, 0.3) is 0 Å². The summed E-state index contributed by atoms with van der Waals surface area (Å²) in [5.41, 5.74) is 3.36. The van der Waals surface area contributed by atoms with Crippen LogP contribution in [0.5, 0.6) is 11.5 Å². The van der Waals surface area contributed by atoms with E-state index in [-0.39, 0.29) is 0 Å². The van der Waals surface area contributed by atoms with Crippen molar-refractivity contribution in [2.75, 3.05) is 19.5 Å². The maximum atomic E-state index is 5.83. The van der Waals surface area contributed by atoms with Crippen molar-refractivity contribution in [1.82, 2.24) is 4.90 Å². The summed E-state index contributed by atoms with van der Waals surface area (Å²) in [5, 5.41) is 4.23. The second-order valence-electron chi connectivity index (χ2n) is 6.99. The first-order valence-corrected chi connectivity index (χ1v) is 9.87. The average molecular weight is 385 g/mol. The summed E-state index contributed by atoms with van der Waals surface area (Å²) in [5.74, 6) is 1.62. The molecule has 27 heavy (non-hydrogen) atoms. The first-order valence-electron chi connectivity index (χ1n) is 9.46. The van der Waals surface area contributed by atoms with Crippen molar-refractivity contribution < 1.29 is 9.47 Å². The summed E-state index contributed by atoms with van der Waals surface area (Å²) in [6.07, 6.45) is 4.86. The van der Waals surface area contributed by atoms with Crippen LogP contribution in [0.1, 0.15) is 36.8 Å². The third-order valence-corrected chi connectivity index (χ3v) is 5.58. The van der Waals surface area contributed by atoms with Gasteiger partial charge in [0.25, 0.3) is 0 Å². The van der Waals surface area contributed by atoms with E-state index in [4.69, 9.17) is 21.7 Å². The maximum Gasteiger partial charge on any atom is 0.173 e. The van der Waals surface area contributed by atoms with Crippen molar-refractivity contribution in [3.8, 4) is 11.5 Å². The zero-order valence-corrected chi connectivity index (χ0v) is 17.1. The largest absolute Gasteiger partial charge is 0.497 e. The molecule has 144 valence electrons. The van der Waals surface area contributed by atoms with Crippen molar-refractivity contribution >= 4 is 23.0 Å². The van der Waals surface area contributed by atoms with E-state index in [2.05, 4.69) is 35.3 Å². The topological polar surface area (TPSA) is 33.7 Å². The summed E-state index contributed by atoms with van der Waals surface area (Å²) in [6, 6.07) is 14.7. The predicted octanol–water partition coefficient (Wildman–Crippen LogP) is 5.15. The van der Waals surface area contributed by atoms with Crippen LogP contribution >= 0.6 is 12.2 Å². The fraction of sp³-hybridized carbons (Fsp3) is 0.409. The lowest BCUT2D eigenvalue weighted by Gasteiger charge is -2.32. The molecule has 0 aliphatic heterocycles. The molecule has 4 nitrogen and oxygen atoms in total. The molecular weight excluding hydrogens is 356 g/mol. The first kappa shape index (κ1) is 19.5. The molecule has 1 aliphatic rings. The Morgan fingerprint density at radius 1 is 1.11 bits per heavy atom. The molecular formula is C22H28N2O2S. The minimum atomic E-state index is 0.459. The average Bonchev–Trinajstić information content (AvgIpc) is 3.22. The van der Waals surface area contributed by atoms with Crippen LogP contribution in [-0.2, 0) is 6.54 Å². The molecule has 0 spiro atoms. The van der Waals surface area contributed by atoms with Gasteiger partial charge < -0.3 is 19.7 Å². The van der Waals surface area contributed by atoms with E-state index >= 15 is 0 Å². The van der Waals surface area contributed by atoms with E-state index in [1.54, 1.807) is 14.2 Å². The predicted molar refractivity (Wildman–Crippen MR) is 115 cm³/mol. The van der Waals surface area contributed by atoms with Crippen LogP contribution in [0, 0.1) is 6.92 Å². The van der Waals surface area contributed by atoms with E-state index < -0.39 is 0 Å². The van der Waals surface area contributed by atoms with Crippen molar-refractivity contribution in [2.24, 2.45) is 0 Å². The second-order valence-corrected chi connectivity index (χ2v) is 7.38. The molecule has 2 aromatic carbocycles. The number of rotatable bonds is 6. The third-order valence-electron chi connectivity index (χ3n) is 5.25. The van der Waals surface area contributed by atoms with Gasteiger partial charge >= 0.3 is 0 Å². The number of anilines is 1. The third kappa shape index (κ3) is 4.72. The minimum absolute atomic E-state index is 0.459. The molecule has 0 amide bonds. The summed E-state index contributed by atoms with van der Waals surface area (Å²) >= 11 is 5.83. The molecule has 0 atom stereocenters. The van der Waals surface area contributed by atoms with Crippen LogP contribution in [-0.4, -0.2) is 30.3 Å². The van der Waals surface area contributed by atoms with Gasteiger partial charge in [-0.3, -0.25) is 0 Å². The SMILES string of the molecule is COc1ccc(CN(C(=S)Nc2ccccc2C)C2CCCC2)c(OC)c1. The van der Waals surface area contributed by atoms with Gasteiger partial charge in [0, 0.05) is 29.9 Å². The lowest BCUT2D eigenvalue weighted by Crippen LogP contribution is -2.41. The van der Waals surface area contributed by atoms with Crippen LogP contribution in [0.3, 0.4) is 0 Å². The Morgan fingerprint density at radius 2 is 1.85 bits per heavy atom. The smallest absolute Gasteiger partial charge is 0.173 e. The molecule has 0 bridgehead atoms. The molecule has 1 aliphatic carbocycles. The molecule has 3 rings (SSSR count). The van der Waals surface area contributed by atoms with Gasteiger partial charge in [-0.15, -0.1) is 0 Å². The van der Waals surface area contributed by atoms with Crippen molar-refractivity contribution in [3.63, 3.8) is 0 Å². The number of nitrogens with zero attached hydrogens (tertiary/aromatic N) is 1. The molecule has 5 heteroatoms. The van der Waals surface area contributed by atoms with Gasteiger partial charge in [-0.25, -0.2) is 0 Å². The molecule has 1 fully saturated rings. The Bertz CT molecular complexity index is 788. The molecule has 0 radical (unpaired) electrons. The van der Waals surface area contributed by atoms with Gasteiger partial charge in [0.1, 0.15) is 11.5 Å². The summed E-state index contributed by atoms with van der Waals surface area (Å²) in [7, 11) is 3.36. The fourth-order valence-corrected chi connectivity index (χ4v) is 3.97. The Labute approximate surface area is 167 Å². The van der Waals surface area contributed by atoms with Gasteiger partial charge in [0.2, 0.25) is 0 Å². The normalized spacial score (nSPS) is 14.0. The van der Waals surface area contributed by atoms with Crippen molar-refractivity contribution in [1.29, 1.82) is 0 Å². The Balaban J connectivity index is 1.83. The molecule has 0 aromatic heterocycles. The Morgan fingerprint density at radius 3 is 2.52 bits per heavy atom. The van der Waals surface area contributed by atoms with E-state index in [1.165, 1.54) is 31.2 Å². The standard InChI is InChI=1S/C22H28N2O2S/c1-16-8-4-7-11-20(16)23-22(27)24(18-9-5-6-10-18)15-17-12-13-19(25-2)14-21(17)26-3/h4,7-8,11-14,18H,5-6,9-10,15H2,1-3H3,(H,23,27). The highest BCUT2D eigenvalue weighted by atomic mass is 32.1. The van der Waals surface area contributed by atoms with Crippen LogP contribution in [0.2, 0.25) is 0 Å². The highest BCUT2D eigenvalue weighted by Gasteiger charge is 2.26. The van der Waals surface area contributed by atoms with Gasteiger partial charge in [-0.05, 0) is 55.7 Å². The molecule has 2 aromatic rings. The quantitative estimate of drug-likeness (QED) is 0.696. The van der Waals surface area contributed by atoms with E-state index in [1.807, 2.05) is 24.3 Å².